The summed E-state index contributed by atoms with van der Waals surface area (Å²) in [5.41, 5.74) is 2.25. The highest BCUT2D eigenvalue weighted by molar-refractivity contribution is 7.89. The van der Waals surface area contributed by atoms with E-state index >= 15 is 0 Å². The van der Waals surface area contributed by atoms with E-state index in [0.29, 0.717) is 41.3 Å². The molecule has 4 rings (SSSR count). The summed E-state index contributed by atoms with van der Waals surface area (Å²) in [6.45, 7) is 3.96. The zero-order valence-electron chi connectivity index (χ0n) is 16.7. The highest BCUT2D eigenvalue weighted by Crippen LogP contribution is 2.35. The number of hydrogen-bond donors (Lipinski definition) is 1. The first kappa shape index (κ1) is 19.7. The molecule has 29 heavy (non-hydrogen) atoms. The molecule has 1 fully saturated rings. The number of aromatic amines is 1. The molecule has 1 aromatic carbocycles. The van der Waals surface area contributed by atoms with Gasteiger partial charge >= 0.3 is 0 Å². The van der Waals surface area contributed by atoms with Crippen LogP contribution in [0.25, 0.3) is 5.65 Å². The lowest BCUT2D eigenvalue weighted by Gasteiger charge is -2.34. The third-order valence-corrected chi connectivity index (χ3v) is 7.50. The van der Waals surface area contributed by atoms with Gasteiger partial charge < -0.3 is 4.74 Å². The van der Waals surface area contributed by atoms with E-state index in [1.54, 1.807) is 51.3 Å². The predicted molar refractivity (Wildman–Crippen MR) is 109 cm³/mol. The number of H-pyrrole nitrogens is 1. The number of rotatable bonds is 4. The van der Waals surface area contributed by atoms with Gasteiger partial charge in [-0.2, -0.15) is 4.31 Å². The predicted octanol–water partition coefficient (Wildman–Crippen LogP) is 2.56. The maximum absolute atomic E-state index is 13.3. The molecular weight excluding hydrogens is 392 g/mol. The lowest BCUT2D eigenvalue weighted by molar-refractivity contribution is 0.251. The first-order valence-corrected chi connectivity index (χ1v) is 11.0. The molecule has 154 valence electrons. The topological polar surface area (TPSA) is 96.8 Å². The van der Waals surface area contributed by atoms with Gasteiger partial charge in [0.1, 0.15) is 5.75 Å². The van der Waals surface area contributed by atoms with Gasteiger partial charge in [-0.15, -0.1) is 0 Å². The molecule has 9 heteroatoms. The molecular formula is C20H24N4O4S. The molecule has 3 aromatic rings. The quantitative estimate of drug-likeness (QED) is 0.705. The highest BCUT2D eigenvalue weighted by atomic mass is 32.2. The second-order valence-corrected chi connectivity index (χ2v) is 9.23. The number of sulfonamides is 1. The summed E-state index contributed by atoms with van der Waals surface area (Å²) in [7, 11) is -2.16. The van der Waals surface area contributed by atoms with Gasteiger partial charge in [0, 0.05) is 23.9 Å². The van der Waals surface area contributed by atoms with Crippen molar-refractivity contribution >= 4 is 15.7 Å². The Morgan fingerprint density at radius 2 is 1.90 bits per heavy atom. The first-order valence-electron chi connectivity index (χ1n) is 9.57. The van der Waals surface area contributed by atoms with E-state index in [1.165, 1.54) is 8.82 Å². The smallest absolute Gasteiger partial charge is 0.275 e. The van der Waals surface area contributed by atoms with E-state index < -0.39 is 10.0 Å². The standard InChI is InChI=1S/C20H24N4O4S/c1-13-14(2)21-19-12-17(22-24(19)20(13)25)18-6-4-5-11-23(18)29(26,27)16-9-7-15(28-3)8-10-16/h7-10,12,18,22H,4-6,11H2,1-3H3. The van der Waals surface area contributed by atoms with Crippen molar-refractivity contribution in [3.8, 4) is 5.75 Å². The van der Waals surface area contributed by atoms with Crippen molar-refractivity contribution in [2.45, 2.75) is 44.0 Å². The fraction of sp³-hybridized carbons (Fsp3) is 0.400. The molecule has 1 aliphatic rings. The maximum atomic E-state index is 13.3. The third-order valence-electron chi connectivity index (χ3n) is 5.58. The van der Waals surface area contributed by atoms with Gasteiger partial charge in [0.2, 0.25) is 10.0 Å². The molecule has 0 bridgehead atoms. The number of ether oxygens (including phenoxy) is 1. The first-order chi connectivity index (χ1) is 13.8. The van der Waals surface area contributed by atoms with Gasteiger partial charge in [-0.05, 0) is 51.0 Å². The maximum Gasteiger partial charge on any atom is 0.275 e. The average molecular weight is 417 g/mol. The number of aromatic nitrogens is 3. The summed E-state index contributed by atoms with van der Waals surface area (Å²) in [4.78, 5) is 17.2. The number of nitrogens with zero attached hydrogens (tertiary/aromatic N) is 3. The number of piperidine rings is 1. The molecule has 1 atom stereocenters. The van der Waals surface area contributed by atoms with Crippen LogP contribution in [0.3, 0.4) is 0 Å². The number of nitrogens with one attached hydrogen (secondary N) is 1. The molecule has 2 aromatic heterocycles. The van der Waals surface area contributed by atoms with Gasteiger partial charge in [0.25, 0.3) is 5.56 Å². The lowest BCUT2D eigenvalue weighted by atomic mass is 10.0. The number of benzene rings is 1. The minimum absolute atomic E-state index is 0.167. The van der Waals surface area contributed by atoms with Crippen LogP contribution in [0.2, 0.25) is 0 Å². The van der Waals surface area contributed by atoms with Gasteiger partial charge in [-0.25, -0.2) is 17.9 Å². The van der Waals surface area contributed by atoms with Crippen molar-refractivity contribution in [3.05, 3.63) is 57.6 Å². The molecule has 1 N–H and O–H groups in total. The van der Waals surface area contributed by atoms with E-state index in [4.69, 9.17) is 4.74 Å². The van der Waals surface area contributed by atoms with Gasteiger partial charge in [0.15, 0.2) is 5.65 Å². The Balaban J connectivity index is 1.77. The Morgan fingerprint density at radius 1 is 1.17 bits per heavy atom. The average Bonchev–Trinajstić information content (AvgIpc) is 3.16. The largest absolute Gasteiger partial charge is 0.497 e. The molecule has 1 unspecified atom stereocenters. The summed E-state index contributed by atoms with van der Waals surface area (Å²) in [5, 5.41) is 3.09. The van der Waals surface area contributed by atoms with Crippen molar-refractivity contribution in [1.29, 1.82) is 0 Å². The molecule has 0 radical (unpaired) electrons. The number of aryl methyl sites for hydroxylation is 1. The molecule has 0 aliphatic carbocycles. The Morgan fingerprint density at radius 3 is 2.59 bits per heavy atom. The van der Waals surface area contributed by atoms with Crippen molar-refractivity contribution in [2.75, 3.05) is 13.7 Å². The Kier molecular flexibility index (Phi) is 4.95. The fourth-order valence-corrected chi connectivity index (χ4v) is 5.47. The highest BCUT2D eigenvalue weighted by Gasteiger charge is 2.35. The van der Waals surface area contributed by atoms with Crippen LogP contribution in [0.4, 0.5) is 0 Å². The summed E-state index contributed by atoms with van der Waals surface area (Å²) >= 11 is 0. The molecule has 3 heterocycles. The van der Waals surface area contributed by atoms with E-state index in [2.05, 4.69) is 10.1 Å². The Bertz CT molecular complexity index is 1210. The minimum Gasteiger partial charge on any atom is -0.497 e. The molecule has 0 amide bonds. The number of methoxy groups -OCH3 is 1. The van der Waals surface area contributed by atoms with Crippen molar-refractivity contribution in [2.24, 2.45) is 0 Å². The zero-order valence-corrected chi connectivity index (χ0v) is 17.5. The lowest BCUT2D eigenvalue weighted by Crippen LogP contribution is -2.38. The monoisotopic (exact) mass is 416 g/mol. The zero-order chi connectivity index (χ0) is 20.8. The third kappa shape index (κ3) is 3.34. The summed E-state index contributed by atoms with van der Waals surface area (Å²) in [6, 6.07) is 7.80. The number of fused-ring (bicyclic) bond motifs is 1. The van der Waals surface area contributed by atoms with E-state index in [9.17, 15) is 13.2 Å². The second kappa shape index (κ2) is 7.31. The van der Waals surface area contributed by atoms with Crippen LogP contribution in [0.1, 0.15) is 42.3 Å². The van der Waals surface area contributed by atoms with Crippen LogP contribution in [0.15, 0.2) is 40.0 Å². The minimum atomic E-state index is -3.70. The SMILES string of the molecule is COc1ccc(S(=O)(=O)N2CCCCC2c2cc3nc(C)c(C)c(=O)n3[nH]2)cc1. The van der Waals surface area contributed by atoms with E-state index in [1.807, 2.05) is 0 Å². The fourth-order valence-electron chi connectivity index (χ4n) is 3.79. The van der Waals surface area contributed by atoms with Gasteiger partial charge in [-0.3, -0.25) is 9.89 Å². The molecule has 8 nitrogen and oxygen atoms in total. The van der Waals surface area contributed by atoms with E-state index in [0.717, 1.165) is 12.8 Å². The van der Waals surface area contributed by atoms with E-state index in [-0.39, 0.29) is 16.5 Å². The van der Waals surface area contributed by atoms with Crippen LogP contribution in [-0.4, -0.2) is 41.0 Å². The molecule has 1 saturated heterocycles. The van der Waals surface area contributed by atoms with Gasteiger partial charge in [0.05, 0.1) is 23.7 Å². The summed E-state index contributed by atoms with van der Waals surface area (Å²) in [6.07, 6.45) is 2.38. The van der Waals surface area contributed by atoms with Crippen LogP contribution in [0, 0.1) is 13.8 Å². The Hall–Kier alpha value is -2.65. The summed E-state index contributed by atoms with van der Waals surface area (Å²) < 4.78 is 34.7. The van der Waals surface area contributed by atoms with Crippen LogP contribution in [0.5, 0.6) is 5.75 Å². The van der Waals surface area contributed by atoms with Crippen LogP contribution >= 0.6 is 0 Å². The van der Waals surface area contributed by atoms with Gasteiger partial charge in [-0.1, -0.05) is 6.42 Å². The van der Waals surface area contributed by atoms with Crippen LogP contribution < -0.4 is 10.3 Å². The number of hydrogen-bond acceptors (Lipinski definition) is 5. The second-order valence-electron chi connectivity index (χ2n) is 7.34. The molecule has 0 saturated carbocycles. The van der Waals surface area contributed by atoms with Crippen molar-refractivity contribution in [3.63, 3.8) is 0 Å². The summed E-state index contributed by atoms with van der Waals surface area (Å²) in [5.74, 6) is 0.603. The van der Waals surface area contributed by atoms with Crippen molar-refractivity contribution in [1.82, 2.24) is 18.9 Å². The molecule has 1 aliphatic heterocycles. The molecule has 0 spiro atoms. The van der Waals surface area contributed by atoms with Crippen LogP contribution in [-0.2, 0) is 10.0 Å². The Labute approximate surface area is 169 Å². The van der Waals surface area contributed by atoms with Crippen molar-refractivity contribution < 1.29 is 13.2 Å². The normalized spacial score (nSPS) is 18.2.